The van der Waals surface area contributed by atoms with Crippen molar-refractivity contribution in [1.82, 2.24) is 4.31 Å². The van der Waals surface area contributed by atoms with Crippen LogP contribution in [0.3, 0.4) is 0 Å². The molecule has 1 aromatic rings. The molecular weight excluding hydrogens is 398 g/mol. The highest BCUT2D eigenvalue weighted by Crippen LogP contribution is 2.61. The van der Waals surface area contributed by atoms with E-state index in [2.05, 4.69) is 0 Å². The minimum Gasteiger partial charge on any atom is -0.460 e. The molecule has 1 aliphatic heterocycles. The predicted octanol–water partition coefficient (Wildman–Crippen LogP) is 2.71. The number of imide groups is 1. The molecule has 2 amide bonds. The van der Waals surface area contributed by atoms with Crippen LogP contribution in [0.15, 0.2) is 41.3 Å². The van der Waals surface area contributed by atoms with E-state index in [1.807, 2.05) is 19.1 Å². The first-order valence-corrected chi connectivity index (χ1v) is 11.1. The van der Waals surface area contributed by atoms with Gasteiger partial charge in [0.2, 0.25) is 0 Å². The van der Waals surface area contributed by atoms with E-state index >= 15 is 0 Å². The zero-order valence-corrected chi connectivity index (χ0v) is 16.7. The van der Waals surface area contributed by atoms with Gasteiger partial charge in [-0.1, -0.05) is 22.9 Å². The number of hydrogen-bond donors (Lipinski definition) is 2. The third-order valence-corrected chi connectivity index (χ3v) is 7.53. The Morgan fingerprint density at radius 3 is 2.21 bits per heavy atom. The molecule has 2 bridgehead atoms. The van der Waals surface area contributed by atoms with Gasteiger partial charge in [-0.15, -0.1) is 0 Å². The fourth-order valence-electron chi connectivity index (χ4n) is 4.43. The molecule has 2 N–H and O–H groups in total. The average molecular weight is 421 g/mol. The summed E-state index contributed by atoms with van der Waals surface area (Å²) >= 11 is 0. The van der Waals surface area contributed by atoms with Gasteiger partial charge in [-0.2, -0.15) is 4.31 Å². The lowest BCUT2D eigenvalue weighted by atomic mass is 9.85. The van der Waals surface area contributed by atoms with E-state index in [0.29, 0.717) is 17.5 Å². The molecule has 8 nitrogen and oxygen atoms in total. The Balaban J connectivity index is 1.49. The summed E-state index contributed by atoms with van der Waals surface area (Å²) < 4.78 is 32.4. The largest absolute Gasteiger partial charge is 0.460 e. The van der Waals surface area contributed by atoms with E-state index in [4.69, 9.17) is 9.47 Å². The summed E-state index contributed by atoms with van der Waals surface area (Å²) in [6, 6.07) is 5.42. The number of rotatable bonds is 7. The van der Waals surface area contributed by atoms with Crippen LogP contribution in [-0.2, 0) is 19.1 Å². The van der Waals surface area contributed by atoms with Crippen molar-refractivity contribution in [3.05, 3.63) is 42.0 Å². The number of ether oxygens (including phenoxy) is 2. The Labute approximate surface area is 170 Å². The van der Waals surface area contributed by atoms with Gasteiger partial charge in [0.1, 0.15) is 6.61 Å². The third kappa shape index (κ3) is 3.28. The van der Waals surface area contributed by atoms with E-state index in [1.54, 1.807) is 0 Å². The molecule has 0 spiro atoms. The number of amides is 2. The molecule has 4 rings (SSSR count). The molecule has 0 aromatic heterocycles. The zero-order valence-electron chi connectivity index (χ0n) is 15.9. The molecule has 2 aliphatic carbocycles. The molecule has 4 atom stereocenters. The van der Waals surface area contributed by atoms with Crippen LogP contribution in [0.25, 0.3) is 0 Å². The molecule has 9 heteroatoms. The van der Waals surface area contributed by atoms with Crippen molar-refractivity contribution in [3.63, 3.8) is 0 Å². The summed E-state index contributed by atoms with van der Waals surface area (Å²) in [6.45, 7) is 2.76. The molecular formula is C20H23NO7S. The second-order valence-corrected chi connectivity index (χ2v) is 9.22. The van der Waals surface area contributed by atoms with E-state index in [-0.39, 0.29) is 28.9 Å². The highest BCUT2D eigenvalue weighted by molar-refractivity contribution is 8.23. The zero-order chi connectivity index (χ0) is 20.8. The smallest absolute Gasteiger partial charge is 0.338 e. The molecule has 4 unspecified atom stereocenters. The van der Waals surface area contributed by atoms with Gasteiger partial charge in [-0.3, -0.25) is 18.7 Å². The molecule has 1 saturated heterocycles. The fourth-order valence-corrected chi connectivity index (χ4v) is 5.88. The minimum absolute atomic E-state index is 0.00495. The Kier molecular flexibility index (Phi) is 5.24. The molecule has 1 saturated carbocycles. The van der Waals surface area contributed by atoms with Gasteiger partial charge in [0.25, 0.3) is 11.8 Å². The number of carbonyl (C=O) groups excluding carboxylic acids is 3. The first kappa shape index (κ1) is 20.1. The molecule has 3 aliphatic rings. The summed E-state index contributed by atoms with van der Waals surface area (Å²) in [7, 11) is -3.83. The topological polar surface area (TPSA) is 113 Å². The monoisotopic (exact) mass is 421 g/mol. The molecule has 156 valence electrons. The van der Waals surface area contributed by atoms with Gasteiger partial charge in [0.15, 0.2) is 0 Å². The number of esters is 1. The fraction of sp³-hybridized carbons (Fsp3) is 0.450. The maximum atomic E-state index is 12.8. The van der Waals surface area contributed by atoms with Gasteiger partial charge >= 0.3 is 5.97 Å². The Morgan fingerprint density at radius 1 is 1.07 bits per heavy atom. The first-order valence-electron chi connectivity index (χ1n) is 9.55. The van der Waals surface area contributed by atoms with Crippen LogP contribution < -0.4 is 0 Å². The van der Waals surface area contributed by atoms with Crippen molar-refractivity contribution in [2.24, 2.45) is 23.7 Å². The van der Waals surface area contributed by atoms with Crippen molar-refractivity contribution >= 4 is 28.6 Å². The van der Waals surface area contributed by atoms with Crippen LogP contribution in [0.1, 0.15) is 23.7 Å². The van der Waals surface area contributed by atoms with Crippen LogP contribution in [0.4, 0.5) is 0 Å². The van der Waals surface area contributed by atoms with Crippen LogP contribution in [0, 0.1) is 23.7 Å². The van der Waals surface area contributed by atoms with E-state index in [0.717, 1.165) is 6.42 Å². The molecule has 1 heterocycles. The van der Waals surface area contributed by atoms with Crippen molar-refractivity contribution in [2.75, 3.05) is 19.8 Å². The summed E-state index contributed by atoms with van der Waals surface area (Å²) in [5, 5.41) is 0. The highest BCUT2D eigenvalue weighted by atomic mass is 32.3. The van der Waals surface area contributed by atoms with E-state index in [1.165, 1.54) is 24.3 Å². The SMILES string of the molecule is CCOCCOC(=O)c1ccc(S(O)(O)N2C(=O)C3C4C=CC(C4)C3C2=O)cc1. The molecule has 0 radical (unpaired) electrons. The van der Waals surface area contributed by atoms with Crippen LogP contribution in [0.2, 0.25) is 0 Å². The van der Waals surface area contributed by atoms with Gasteiger partial charge in [-0.05, 0) is 49.4 Å². The number of benzene rings is 1. The van der Waals surface area contributed by atoms with E-state index in [9.17, 15) is 23.5 Å². The number of nitrogens with zero attached hydrogens (tertiary/aromatic N) is 1. The van der Waals surface area contributed by atoms with Crippen molar-refractivity contribution in [2.45, 2.75) is 18.2 Å². The maximum absolute atomic E-state index is 12.8. The number of allylic oxidation sites excluding steroid dienone is 2. The van der Waals surface area contributed by atoms with Gasteiger partial charge in [0, 0.05) is 6.61 Å². The summed E-state index contributed by atoms with van der Waals surface area (Å²) in [4.78, 5) is 37.7. The number of hydrogen-bond acceptors (Lipinski definition) is 7. The number of fused-ring (bicyclic) bond motifs is 5. The molecule has 29 heavy (non-hydrogen) atoms. The van der Waals surface area contributed by atoms with Crippen molar-refractivity contribution in [1.29, 1.82) is 0 Å². The molecule has 2 fully saturated rings. The lowest BCUT2D eigenvalue weighted by Crippen LogP contribution is -2.35. The third-order valence-electron chi connectivity index (χ3n) is 5.76. The quantitative estimate of drug-likeness (QED) is 0.301. The van der Waals surface area contributed by atoms with Crippen LogP contribution in [-0.4, -0.2) is 51.0 Å². The van der Waals surface area contributed by atoms with Crippen molar-refractivity contribution in [3.8, 4) is 0 Å². The van der Waals surface area contributed by atoms with Crippen LogP contribution in [0.5, 0.6) is 0 Å². The van der Waals surface area contributed by atoms with Gasteiger partial charge < -0.3 is 9.47 Å². The molecule has 1 aromatic carbocycles. The number of carbonyl (C=O) groups is 3. The normalized spacial score (nSPS) is 28.2. The maximum Gasteiger partial charge on any atom is 0.338 e. The summed E-state index contributed by atoms with van der Waals surface area (Å²) in [6.07, 6.45) is 4.65. The van der Waals surface area contributed by atoms with Crippen LogP contribution >= 0.6 is 10.8 Å². The Hall–Kier alpha value is -2.20. The Morgan fingerprint density at radius 2 is 1.66 bits per heavy atom. The summed E-state index contributed by atoms with van der Waals surface area (Å²) in [5.41, 5.74) is 0.221. The average Bonchev–Trinajstić information content (AvgIpc) is 3.39. The first-order chi connectivity index (χ1) is 13.9. The van der Waals surface area contributed by atoms with Gasteiger partial charge in [0.05, 0.1) is 28.9 Å². The van der Waals surface area contributed by atoms with Crippen molar-refractivity contribution < 1.29 is 33.0 Å². The summed E-state index contributed by atoms with van der Waals surface area (Å²) in [5.74, 6) is -2.69. The predicted molar refractivity (Wildman–Crippen MR) is 104 cm³/mol. The Bertz CT molecular complexity index is 836. The standard InChI is InChI=1S/C20H23NO7S/c1-2-27-9-10-28-20(24)12-5-7-15(8-6-12)29(25,26)21-18(22)16-13-3-4-14(11-13)17(16)19(21)23/h3-8,13-14,16-17,25-26H,2,9-11H2,1H3. The van der Waals surface area contributed by atoms with E-state index < -0.39 is 40.4 Å². The highest BCUT2D eigenvalue weighted by Gasteiger charge is 2.62. The second-order valence-electron chi connectivity index (χ2n) is 7.35. The minimum atomic E-state index is -3.83. The lowest BCUT2D eigenvalue weighted by Gasteiger charge is -2.39. The second kappa shape index (κ2) is 7.56. The lowest BCUT2D eigenvalue weighted by molar-refractivity contribution is -0.135. The van der Waals surface area contributed by atoms with Gasteiger partial charge in [-0.25, -0.2) is 4.79 Å².